The number of nitrogens with two attached hydrogens (primary N) is 1. The largest absolute Gasteiger partial charge is 0.453 e. The first-order chi connectivity index (χ1) is 26.5. The highest BCUT2D eigenvalue weighted by Crippen LogP contribution is 2.37. The molecular weight excluding hydrogens is 691 g/mol. The number of aromatic amines is 2. The van der Waals surface area contributed by atoms with Crippen molar-refractivity contribution < 1.29 is 14.3 Å². The summed E-state index contributed by atoms with van der Waals surface area (Å²) in [5.41, 5.74) is 12.4. The molecule has 12 heteroatoms. The molecular formula is C43H51N9O3. The second-order valence-electron chi connectivity index (χ2n) is 15.7. The van der Waals surface area contributed by atoms with Crippen molar-refractivity contribution in [1.82, 2.24) is 35.1 Å². The standard InChI is InChI=1S/C43H51N9O3/c1-25(2)36(50-43(54)55-5)24-51-23-27(20-44)17-38(51)41-47-21-34(48-41)29-10-8-28(9-11-29)30-12-13-32-19-33(15-14-31(32)18-30)35-22-46-40(49-35)37-7-6-16-52(37)42(53)39(45)26(3)4/h8-15,18-19,21-22,25-27,36-39H,6-7,16-17,23-24,45H2,1-5H3,(H,46,49)(H,47,48)(H,50,54). The van der Waals surface area contributed by atoms with Crippen molar-refractivity contribution in [1.29, 1.82) is 5.26 Å². The van der Waals surface area contributed by atoms with Crippen LogP contribution in [-0.4, -0.2) is 80.6 Å². The van der Waals surface area contributed by atoms with Gasteiger partial charge in [0.1, 0.15) is 11.6 Å². The van der Waals surface area contributed by atoms with Crippen LogP contribution in [0.15, 0.2) is 73.1 Å². The Balaban J connectivity index is 1.04. The number of imidazole rings is 2. The number of methoxy groups -OCH3 is 1. The second kappa shape index (κ2) is 16.1. The van der Waals surface area contributed by atoms with E-state index in [1.165, 1.54) is 7.11 Å². The average Bonchev–Trinajstić information content (AvgIpc) is 4.03. The van der Waals surface area contributed by atoms with Gasteiger partial charge in [0.15, 0.2) is 0 Å². The number of carbonyl (C=O) groups excluding carboxylic acids is 2. The number of nitrogens with one attached hydrogen (secondary N) is 3. The quantitative estimate of drug-likeness (QED) is 0.110. The lowest BCUT2D eigenvalue weighted by molar-refractivity contribution is -0.134. The Morgan fingerprint density at radius 3 is 2.13 bits per heavy atom. The number of H-pyrrole nitrogens is 2. The van der Waals surface area contributed by atoms with Gasteiger partial charge in [-0.3, -0.25) is 9.69 Å². The maximum absolute atomic E-state index is 13.1. The SMILES string of the molecule is COC(=O)NC(CN1CC(C#N)CC1c1ncc(-c2ccc(-c3ccc4cc(-c5cnc(C6CCCN6C(=O)C(N)C(C)C)[nH]5)ccc4c3)cc2)[nH]1)C(C)C. The molecule has 55 heavy (non-hydrogen) atoms. The van der Waals surface area contributed by atoms with Gasteiger partial charge in [0.25, 0.3) is 0 Å². The van der Waals surface area contributed by atoms with Gasteiger partial charge >= 0.3 is 6.09 Å². The fourth-order valence-electron chi connectivity index (χ4n) is 7.90. The number of rotatable bonds is 11. The lowest BCUT2D eigenvalue weighted by Crippen LogP contribution is -2.46. The summed E-state index contributed by atoms with van der Waals surface area (Å²) in [6.07, 6.45) is 5.74. The molecule has 2 fully saturated rings. The first kappa shape index (κ1) is 37.8. The van der Waals surface area contributed by atoms with E-state index in [-0.39, 0.29) is 41.8 Å². The fraction of sp³-hybridized carbons (Fsp3) is 0.419. The van der Waals surface area contributed by atoms with E-state index in [0.29, 0.717) is 26.1 Å². The number of aromatic nitrogens is 4. The Hall–Kier alpha value is -5.51. The van der Waals surface area contributed by atoms with Gasteiger partial charge in [-0.1, -0.05) is 76.2 Å². The van der Waals surface area contributed by atoms with Crippen LogP contribution in [-0.2, 0) is 9.53 Å². The molecule has 5 atom stereocenters. The van der Waals surface area contributed by atoms with E-state index in [2.05, 4.69) is 101 Å². The van der Waals surface area contributed by atoms with Gasteiger partial charge in [-0.25, -0.2) is 14.8 Å². The third-order valence-corrected chi connectivity index (χ3v) is 11.4. The second-order valence-corrected chi connectivity index (χ2v) is 15.7. The molecule has 286 valence electrons. The lowest BCUT2D eigenvalue weighted by atomic mass is 9.98. The third kappa shape index (κ3) is 8.00. The number of alkyl carbamates (subject to hydrolysis) is 1. The van der Waals surface area contributed by atoms with Crippen LogP contribution in [0.4, 0.5) is 4.79 Å². The highest BCUT2D eigenvalue weighted by molar-refractivity contribution is 5.90. The van der Waals surface area contributed by atoms with Crippen molar-refractivity contribution in [2.75, 3.05) is 26.7 Å². The van der Waals surface area contributed by atoms with Gasteiger partial charge < -0.3 is 30.7 Å². The number of hydrogen-bond donors (Lipinski definition) is 4. The van der Waals surface area contributed by atoms with Crippen LogP contribution in [0, 0.1) is 29.1 Å². The molecule has 5 unspecified atom stereocenters. The Bertz CT molecular complexity index is 2180. The van der Waals surface area contributed by atoms with Gasteiger partial charge in [0, 0.05) is 31.2 Å². The van der Waals surface area contributed by atoms with Crippen molar-refractivity contribution in [2.45, 2.75) is 71.1 Å². The van der Waals surface area contributed by atoms with Gasteiger partial charge in [0.2, 0.25) is 5.91 Å². The van der Waals surface area contributed by atoms with Gasteiger partial charge in [0.05, 0.1) is 61.0 Å². The summed E-state index contributed by atoms with van der Waals surface area (Å²) in [6.45, 7) is 10.00. The van der Waals surface area contributed by atoms with Gasteiger partial charge in [-0.2, -0.15) is 5.26 Å². The molecule has 0 bridgehead atoms. The summed E-state index contributed by atoms with van der Waals surface area (Å²) < 4.78 is 4.85. The highest BCUT2D eigenvalue weighted by atomic mass is 16.5. The summed E-state index contributed by atoms with van der Waals surface area (Å²) in [4.78, 5) is 45.7. The van der Waals surface area contributed by atoms with Crippen molar-refractivity contribution in [2.24, 2.45) is 23.5 Å². The maximum Gasteiger partial charge on any atom is 0.407 e. The Labute approximate surface area is 322 Å². The van der Waals surface area contributed by atoms with Gasteiger partial charge in [-0.15, -0.1) is 0 Å². The monoisotopic (exact) mass is 741 g/mol. The third-order valence-electron chi connectivity index (χ3n) is 11.4. The molecule has 0 aliphatic carbocycles. The Kier molecular flexibility index (Phi) is 11.0. The molecule has 0 saturated carbocycles. The van der Waals surface area contributed by atoms with Crippen molar-refractivity contribution >= 4 is 22.8 Å². The fourth-order valence-corrected chi connectivity index (χ4v) is 7.90. The van der Waals surface area contributed by atoms with Crippen LogP contribution in [0.5, 0.6) is 0 Å². The minimum atomic E-state index is -0.509. The molecule has 0 radical (unpaired) electrons. The van der Waals surface area contributed by atoms with Gasteiger partial charge in [-0.05, 0) is 70.7 Å². The number of carbonyl (C=O) groups is 2. The van der Waals surface area contributed by atoms with E-state index in [0.717, 1.165) is 68.9 Å². The summed E-state index contributed by atoms with van der Waals surface area (Å²) >= 11 is 0. The molecule has 2 aromatic heterocycles. The summed E-state index contributed by atoms with van der Waals surface area (Å²) in [6, 6.07) is 23.0. The number of fused-ring (bicyclic) bond motifs is 1. The van der Waals surface area contributed by atoms with Crippen LogP contribution in [0.2, 0.25) is 0 Å². The van der Waals surface area contributed by atoms with Crippen LogP contribution >= 0.6 is 0 Å². The van der Waals surface area contributed by atoms with E-state index >= 15 is 0 Å². The van der Waals surface area contributed by atoms with Crippen LogP contribution in [0.25, 0.3) is 44.4 Å². The smallest absolute Gasteiger partial charge is 0.407 e. The maximum atomic E-state index is 13.1. The average molecular weight is 742 g/mol. The molecule has 12 nitrogen and oxygen atoms in total. The molecule has 2 aliphatic rings. The number of nitriles is 1. The van der Waals surface area contributed by atoms with Crippen molar-refractivity contribution in [3.05, 3.63) is 84.7 Å². The summed E-state index contributed by atoms with van der Waals surface area (Å²) in [5, 5.41) is 15.0. The Morgan fingerprint density at radius 1 is 0.891 bits per heavy atom. The van der Waals surface area contributed by atoms with Crippen LogP contribution in [0.3, 0.4) is 0 Å². The number of hydrogen-bond acceptors (Lipinski definition) is 8. The predicted molar refractivity (Wildman–Crippen MR) is 213 cm³/mol. The topological polar surface area (TPSA) is 169 Å². The minimum Gasteiger partial charge on any atom is -0.453 e. The molecule has 0 spiro atoms. The number of benzene rings is 3. The number of ether oxygens (including phenoxy) is 1. The molecule has 2 amide bonds. The normalized spacial score (nSPS) is 19.9. The Morgan fingerprint density at radius 2 is 1.49 bits per heavy atom. The first-order valence-corrected chi connectivity index (χ1v) is 19.3. The summed E-state index contributed by atoms with van der Waals surface area (Å²) in [5.74, 6) is 1.77. The zero-order valence-electron chi connectivity index (χ0n) is 32.3. The van der Waals surface area contributed by atoms with Crippen LogP contribution in [0.1, 0.15) is 70.7 Å². The lowest BCUT2D eigenvalue weighted by Gasteiger charge is -2.30. The van der Waals surface area contributed by atoms with Crippen molar-refractivity contribution in [3.8, 4) is 39.7 Å². The molecule has 5 N–H and O–H groups in total. The zero-order chi connectivity index (χ0) is 38.8. The van der Waals surface area contributed by atoms with E-state index in [9.17, 15) is 14.9 Å². The van der Waals surface area contributed by atoms with Crippen molar-refractivity contribution in [3.63, 3.8) is 0 Å². The minimum absolute atomic E-state index is 0.00676. The number of amides is 2. The van der Waals surface area contributed by atoms with E-state index in [1.807, 2.05) is 31.1 Å². The molecule has 7 rings (SSSR count). The molecule has 2 saturated heterocycles. The number of likely N-dealkylation sites (tertiary alicyclic amines) is 2. The van der Waals surface area contributed by atoms with E-state index in [1.54, 1.807) is 0 Å². The molecule has 3 aromatic carbocycles. The summed E-state index contributed by atoms with van der Waals surface area (Å²) in [7, 11) is 1.37. The van der Waals surface area contributed by atoms with E-state index in [4.69, 9.17) is 20.4 Å². The predicted octanol–water partition coefficient (Wildman–Crippen LogP) is 7.20. The molecule has 2 aliphatic heterocycles. The van der Waals surface area contributed by atoms with E-state index < -0.39 is 12.1 Å². The first-order valence-electron chi connectivity index (χ1n) is 19.3. The molecule has 4 heterocycles. The number of nitrogens with zero attached hydrogens (tertiary/aromatic N) is 5. The molecule has 5 aromatic rings. The zero-order valence-corrected chi connectivity index (χ0v) is 32.3. The highest BCUT2D eigenvalue weighted by Gasteiger charge is 2.37. The van der Waals surface area contributed by atoms with Crippen LogP contribution < -0.4 is 11.1 Å².